The van der Waals surface area contributed by atoms with E-state index in [-0.39, 0.29) is 5.78 Å². The van der Waals surface area contributed by atoms with Crippen molar-refractivity contribution in [3.8, 4) is 0 Å². The lowest BCUT2D eigenvalue weighted by Gasteiger charge is -2.38. The van der Waals surface area contributed by atoms with Gasteiger partial charge < -0.3 is 0 Å². The maximum absolute atomic E-state index is 16.2. The van der Waals surface area contributed by atoms with Gasteiger partial charge in [-0.1, -0.05) is 194 Å². The van der Waals surface area contributed by atoms with Crippen LogP contribution in [0.2, 0.25) is 12.1 Å². The smallest absolute Gasteiger partial charge is 0.187 e. The molecular weight excluding hydrogens is 637 g/mol. The molecule has 6 aromatic rings. The molecule has 0 unspecified atom stereocenters. The molecule has 0 saturated carbocycles. The van der Waals surface area contributed by atoms with E-state index in [2.05, 4.69) is 195 Å². The number of allylic oxidation sites excluding steroid dienone is 6. The van der Waals surface area contributed by atoms with Crippen LogP contribution < -0.4 is 20.7 Å². The van der Waals surface area contributed by atoms with Gasteiger partial charge >= 0.3 is 0 Å². The Morgan fingerprint density at radius 3 is 0.980 bits per heavy atom. The highest BCUT2D eigenvalue weighted by Gasteiger charge is 2.54. The topological polar surface area (TPSA) is 17.1 Å². The predicted octanol–water partition coefficient (Wildman–Crippen LogP) is 8.45. The number of carbonyl (C=O) groups is 1. The average molecular weight is 677 g/mol. The summed E-state index contributed by atoms with van der Waals surface area (Å²) in [5.41, 5.74) is 3.91. The quantitative estimate of drug-likeness (QED) is 0.0940. The van der Waals surface area contributed by atoms with Crippen LogP contribution in [-0.2, 0) is 4.79 Å². The van der Waals surface area contributed by atoms with E-state index in [1.165, 1.54) is 25.9 Å². The minimum absolute atomic E-state index is 0.124. The molecule has 0 aromatic heterocycles. The van der Waals surface area contributed by atoms with Gasteiger partial charge in [0.1, 0.15) is 0 Å². The maximum atomic E-state index is 16.2. The van der Waals surface area contributed by atoms with Gasteiger partial charge in [-0.3, -0.25) is 4.79 Å². The van der Waals surface area contributed by atoms with Crippen molar-refractivity contribution >= 4 is 53.8 Å². The Labute approximate surface area is 298 Å². The molecule has 242 valence electrons. The zero-order valence-corrected chi connectivity index (χ0v) is 30.2. The second kappa shape index (κ2) is 14.5. The summed E-state index contributed by atoms with van der Waals surface area (Å²) < 4.78 is 0. The van der Waals surface area contributed by atoms with Gasteiger partial charge in [-0.05, 0) is 54.7 Å². The number of rotatable bonds is 12. The third kappa shape index (κ3) is 5.55. The third-order valence-corrected chi connectivity index (χ3v) is 19.9. The molecule has 3 heteroatoms. The summed E-state index contributed by atoms with van der Waals surface area (Å²) in [5, 5.41) is 7.02. The van der Waals surface area contributed by atoms with Crippen molar-refractivity contribution in [2.45, 2.75) is 12.1 Å². The van der Waals surface area contributed by atoms with E-state index in [0.29, 0.717) is 6.04 Å². The number of benzene rings is 6. The number of hydrogen-bond donors (Lipinski definition) is 0. The number of hydrogen-bond acceptors (Lipinski definition) is 1. The van der Waals surface area contributed by atoms with Gasteiger partial charge in [0.25, 0.3) is 0 Å². The van der Waals surface area contributed by atoms with Crippen molar-refractivity contribution in [2.75, 3.05) is 0 Å². The van der Waals surface area contributed by atoms with Crippen molar-refractivity contribution < 1.29 is 4.79 Å². The van der Waals surface area contributed by atoms with Crippen LogP contribution in [0.5, 0.6) is 0 Å². The Balaban J connectivity index is 1.75. The molecule has 0 saturated heterocycles. The number of carbonyl (C=O) groups excluding carboxylic acids is 1. The molecular formula is C47H40OSi2. The number of Topliss-reactive ketones (excluding diaryl/α,β-unsaturated/α-hetero) is 1. The largest absolute Gasteiger partial charge is 0.289 e. The molecule has 1 aliphatic rings. The van der Waals surface area contributed by atoms with Crippen LogP contribution in [-0.4, -0.2) is 21.9 Å². The lowest BCUT2D eigenvalue weighted by molar-refractivity contribution is -0.109. The van der Waals surface area contributed by atoms with Crippen LogP contribution >= 0.6 is 0 Å². The van der Waals surface area contributed by atoms with E-state index in [1.54, 1.807) is 0 Å². The van der Waals surface area contributed by atoms with Crippen molar-refractivity contribution in [3.63, 3.8) is 0 Å². The van der Waals surface area contributed by atoms with Crippen LogP contribution in [0.25, 0.3) is 11.1 Å². The molecule has 0 heterocycles. The van der Waals surface area contributed by atoms with E-state index in [9.17, 15) is 0 Å². The van der Waals surface area contributed by atoms with Crippen molar-refractivity contribution in [1.29, 1.82) is 0 Å². The van der Waals surface area contributed by atoms with Crippen LogP contribution in [0, 0.1) is 0 Å². The normalized spacial score (nSPS) is 13.4. The standard InChI is InChI=1S/C47H40OSi2/c1-3-35-49(39-27-15-7-16-28-39,40-29-17-8-18-30-40)46-43(37-23-11-5-12-24-37)45(48)47(44(46)38-25-13-6-14-26-38)50(36-4-2,41-31-19-9-20-32-41)42-33-21-10-22-34-42/h3-34H,1-2,35-36H2. The zero-order chi connectivity index (χ0) is 34.4. The molecule has 0 fully saturated rings. The van der Waals surface area contributed by atoms with E-state index in [0.717, 1.165) is 33.5 Å². The molecule has 0 amide bonds. The summed E-state index contributed by atoms with van der Waals surface area (Å²) in [6.07, 6.45) is 4.12. The minimum atomic E-state index is -3.08. The lowest BCUT2D eigenvalue weighted by atomic mass is 10.0. The van der Waals surface area contributed by atoms with E-state index >= 15 is 4.79 Å². The fourth-order valence-corrected chi connectivity index (χ4v) is 17.9. The zero-order valence-electron chi connectivity index (χ0n) is 28.2. The van der Waals surface area contributed by atoms with Gasteiger partial charge in [-0.15, -0.1) is 13.2 Å². The van der Waals surface area contributed by atoms with Gasteiger partial charge in [0.05, 0.1) is 0 Å². The fraction of sp³-hybridized carbons (Fsp3) is 0.0426. The number of ketones is 1. The second-order valence-corrected chi connectivity index (χ2v) is 20.6. The van der Waals surface area contributed by atoms with Crippen LogP contribution in [0.4, 0.5) is 0 Å². The average Bonchev–Trinajstić information content (AvgIpc) is 3.51. The highest BCUT2D eigenvalue weighted by atomic mass is 28.3. The van der Waals surface area contributed by atoms with Gasteiger partial charge in [0.15, 0.2) is 21.9 Å². The Morgan fingerprint density at radius 2 is 0.660 bits per heavy atom. The monoisotopic (exact) mass is 676 g/mol. The summed E-state index contributed by atoms with van der Waals surface area (Å²) in [6, 6.07) is 65.8. The summed E-state index contributed by atoms with van der Waals surface area (Å²) >= 11 is 0. The molecule has 0 bridgehead atoms. The van der Waals surface area contributed by atoms with Crippen LogP contribution in [0.3, 0.4) is 0 Å². The summed E-state index contributed by atoms with van der Waals surface area (Å²) in [4.78, 5) is 16.2. The SMILES string of the molecule is C=CC[Si](C1=C(c2ccccc2)C([Si](CC=C)(c2ccccc2)c2ccccc2)=C(c2ccccc2)C1=O)(c1ccccc1)c1ccccc1. The molecule has 0 atom stereocenters. The first-order valence-electron chi connectivity index (χ1n) is 17.3. The maximum Gasteiger partial charge on any atom is 0.187 e. The van der Waals surface area contributed by atoms with Gasteiger partial charge in [-0.25, -0.2) is 0 Å². The Hall–Kier alpha value is -5.62. The molecule has 1 nitrogen and oxygen atoms in total. The van der Waals surface area contributed by atoms with E-state index in [1.807, 2.05) is 12.1 Å². The van der Waals surface area contributed by atoms with Gasteiger partial charge in [0, 0.05) is 10.8 Å². The first-order valence-corrected chi connectivity index (χ1v) is 21.7. The lowest BCUT2D eigenvalue weighted by Crippen LogP contribution is -2.61. The summed E-state index contributed by atoms with van der Waals surface area (Å²) in [6.45, 7) is 8.72. The second-order valence-electron chi connectivity index (χ2n) is 12.8. The molecule has 0 N–H and O–H groups in total. The van der Waals surface area contributed by atoms with Crippen LogP contribution in [0.15, 0.2) is 218 Å². The summed E-state index contributed by atoms with van der Waals surface area (Å²) in [7, 11) is -6.09. The minimum Gasteiger partial charge on any atom is -0.289 e. The van der Waals surface area contributed by atoms with Crippen LogP contribution in [0.1, 0.15) is 11.1 Å². The Kier molecular flexibility index (Phi) is 9.52. The van der Waals surface area contributed by atoms with E-state index < -0.39 is 16.1 Å². The predicted molar refractivity (Wildman–Crippen MR) is 218 cm³/mol. The highest BCUT2D eigenvalue weighted by molar-refractivity contribution is 7.15. The molecule has 0 spiro atoms. The van der Waals surface area contributed by atoms with Gasteiger partial charge in [0.2, 0.25) is 0 Å². The molecule has 6 aromatic carbocycles. The van der Waals surface area contributed by atoms with E-state index in [4.69, 9.17) is 0 Å². The molecule has 0 radical (unpaired) electrons. The Morgan fingerprint density at radius 1 is 0.380 bits per heavy atom. The highest BCUT2D eigenvalue weighted by Crippen LogP contribution is 2.49. The molecule has 7 rings (SSSR count). The first kappa shape index (κ1) is 32.9. The molecule has 50 heavy (non-hydrogen) atoms. The van der Waals surface area contributed by atoms with Crippen molar-refractivity contribution in [2.24, 2.45) is 0 Å². The molecule has 1 aliphatic carbocycles. The van der Waals surface area contributed by atoms with Crippen molar-refractivity contribution in [1.82, 2.24) is 0 Å². The van der Waals surface area contributed by atoms with Gasteiger partial charge in [-0.2, -0.15) is 0 Å². The summed E-state index contributed by atoms with van der Waals surface area (Å²) in [5.74, 6) is 0.124. The fourth-order valence-electron chi connectivity index (χ4n) is 8.12. The molecule has 0 aliphatic heterocycles. The van der Waals surface area contributed by atoms with Crippen molar-refractivity contribution in [3.05, 3.63) is 229 Å². The third-order valence-electron chi connectivity index (χ3n) is 10.2. The first-order chi connectivity index (χ1) is 24.7. The Bertz CT molecular complexity index is 2090.